The summed E-state index contributed by atoms with van der Waals surface area (Å²) in [5, 5.41) is 7.51. The average Bonchev–Trinajstić information content (AvgIpc) is 2.75. The molecule has 3 amide bonds. The van der Waals surface area contributed by atoms with Gasteiger partial charge in [0.25, 0.3) is 0 Å². The monoisotopic (exact) mass is 295 g/mol. The molecule has 0 unspecified atom stereocenters. The van der Waals surface area contributed by atoms with Gasteiger partial charge in [-0.05, 0) is 17.7 Å². The molecule has 0 saturated carbocycles. The number of nitrogens with one attached hydrogen (secondary N) is 1. The SMILES string of the molecule is O=C1CN(/N=C\c2cc(Cl)c3c(c2)OCCO3)C(=O)N1. The molecule has 1 fully saturated rings. The van der Waals surface area contributed by atoms with E-state index in [0.29, 0.717) is 35.3 Å². The van der Waals surface area contributed by atoms with E-state index >= 15 is 0 Å². The van der Waals surface area contributed by atoms with Crippen LogP contribution >= 0.6 is 11.6 Å². The second-order valence-corrected chi connectivity index (χ2v) is 4.59. The van der Waals surface area contributed by atoms with Crippen molar-refractivity contribution < 1.29 is 19.1 Å². The standard InChI is InChI=1S/C12H10ClN3O4/c13-8-3-7(4-9-11(8)20-2-1-19-9)5-14-16-6-10(17)15-12(16)18/h3-5H,1-2,6H2,(H,15,17,18)/b14-5-. The molecule has 104 valence electrons. The van der Waals surface area contributed by atoms with Crippen LogP contribution in [-0.2, 0) is 4.79 Å². The van der Waals surface area contributed by atoms with Crippen molar-refractivity contribution in [2.45, 2.75) is 0 Å². The summed E-state index contributed by atoms with van der Waals surface area (Å²) in [7, 11) is 0. The van der Waals surface area contributed by atoms with E-state index in [9.17, 15) is 9.59 Å². The predicted octanol–water partition coefficient (Wildman–Crippen LogP) is 0.997. The maximum absolute atomic E-state index is 11.3. The molecule has 0 aromatic heterocycles. The van der Waals surface area contributed by atoms with Gasteiger partial charge in [0, 0.05) is 0 Å². The molecule has 0 spiro atoms. The molecule has 20 heavy (non-hydrogen) atoms. The minimum absolute atomic E-state index is 0.0897. The molecule has 1 N–H and O–H groups in total. The van der Waals surface area contributed by atoms with Crippen molar-refractivity contribution in [1.82, 2.24) is 10.3 Å². The first-order valence-corrected chi connectivity index (χ1v) is 6.26. The average molecular weight is 296 g/mol. The number of nitrogens with zero attached hydrogens (tertiary/aromatic N) is 2. The lowest BCUT2D eigenvalue weighted by molar-refractivity contribution is -0.118. The highest BCUT2D eigenvalue weighted by Gasteiger charge is 2.26. The first kappa shape index (κ1) is 12.7. The second kappa shape index (κ2) is 5.01. The summed E-state index contributed by atoms with van der Waals surface area (Å²) in [4.78, 5) is 22.3. The Morgan fingerprint density at radius 3 is 2.85 bits per heavy atom. The zero-order valence-corrected chi connectivity index (χ0v) is 11.0. The molecule has 3 rings (SSSR count). The summed E-state index contributed by atoms with van der Waals surface area (Å²) in [6.45, 7) is 0.816. The summed E-state index contributed by atoms with van der Waals surface area (Å²) in [5.41, 5.74) is 0.645. The summed E-state index contributed by atoms with van der Waals surface area (Å²) in [6.07, 6.45) is 1.43. The van der Waals surface area contributed by atoms with Gasteiger partial charge < -0.3 is 9.47 Å². The van der Waals surface area contributed by atoms with E-state index in [1.807, 2.05) is 0 Å². The van der Waals surface area contributed by atoms with Gasteiger partial charge >= 0.3 is 6.03 Å². The molecule has 0 aliphatic carbocycles. The number of hydrogen-bond donors (Lipinski definition) is 1. The van der Waals surface area contributed by atoms with Crippen LogP contribution in [0.15, 0.2) is 17.2 Å². The summed E-state index contributed by atoms with van der Waals surface area (Å²) in [5.74, 6) is 0.656. The first-order valence-electron chi connectivity index (χ1n) is 5.88. The molecule has 8 heteroatoms. The minimum atomic E-state index is -0.546. The number of imide groups is 1. The van der Waals surface area contributed by atoms with E-state index in [1.165, 1.54) is 6.21 Å². The molecule has 0 bridgehead atoms. The lowest BCUT2D eigenvalue weighted by atomic mass is 10.2. The molecule has 1 aromatic carbocycles. The van der Waals surface area contributed by atoms with Crippen LogP contribution in [0.3, 0.4) is 0 Å². The molecule has 1 aromatic rings. The molecular formula is C12H10ClN3O4. The van der Waals surface area contributed by atoms with Gasteiger partial charge in [0.15, 0.2) is 11.5 Å². The topological polar surface area (TPSA) is 80.2 Å². The van der Waals surface area contributed by atoms with E-state index in [4.69, 9.17) is 21.1 Å². The van der Waals surface area contributed by atoms with Crippen molar-refractivity contribution in [3.8, 4) is 11.5 Å². The normalized spacial score (nSPS) is 17.8. The number of ether oxygens (including phenoxy) is 2. The highest BCUT2D eigenvalue weighted by molar-refractivity contribution is 6.32. The number of halogens is 1. The fraction of sp³-hybridized carbons (Fsp3) is 0.250. The number of fused-ring (bicyclic) bond motifs is 1. The van der Waals surface area contributed by atoms with Gasteiger partial charge in [-0.25, -0.2) is 9.80 Å². The number of amides is 3. The number of urea groups is 1. The number of hydrogen-bond acceptors (Lipinski definition) is 5. The van der Waals surface area contributed by atoms with Crippen LogP contribution < -0.4 is 14.8 Å². The van der Waals surface area contributed by atoms with Crippen LogP contribution in [0.25, 0.3) is 0 Å². The van der Waals surface area contributed by atoms with Gasteiger partial charge in [-0.1, -0.05) is 11.6 Å². The summed E-state index contributed by atoms with van der Waals surface area (Å²) >= 11 is 6.08. The van der Waals surface area contributed by atoms with Crippen LogP contribution in [-0.4, -0.2) is 42.9 Å². The maximum Gasteiger partial charge on any atom is 0.344 e. The highest BCUT2D eigenvalue weighted by Crippen LogP contribution is 2.37. The van der Waals surface area contributed by atoms with Crippen LogP contribution in [0, 0.1) is 0 Å². The summed E-state index contributed by atoms with van der Waals surface area (Å²) < 4.78 is 10.8. The van der Waals surface area contributed by atoms with Gasteiger partial charge in [0.05, 0.1) is 11.2 Å². The zero-order chi connectivity index (χ0) is 14.1. The maximum atomic E-state index is 11.3. The Hall–Kier alpha value is -2.28. The number of carbonyl (C=O) groups excluding carboxylic acids is 2. The lowest BCUT2D eigenvalue weighted by Gasteiger charge is -2.19. The van der Waals surface area contributed by atoms with Gasteiger partial charge in [0.1, 0.15) is 19.8 Å². The molecular weight excluding hydrogens is 286 g/mol. The molecule has 7 nitrogen and oxygen atoms in total. The Balaban J connectivity index is 1.82. The first-order chi connectivity index (χ1) is 9.63. The van der Waals surface area contributed by atoms with Gasteiger partial charge in [-0.3, -0.25) is 10.1 Å². The van der Waals surface area contributed by atoms with Crippen LogP contribution in [0.1, 0.15) is 5.56 Å². The van der Waals surface area contributed by atoms with E-state index in [1.54, 1.807) is 12.1 Å². The van der Waals surface area contributed by atoms with Gasteiger partial charge in [-0.15, -0.1) is 0 Å². The van der Waals surface area contributed by atoms with Crippen molar-refractivity contribution >= 4 is 29.8 Å². The Labute approximate surface area is 119 Å². The Morgan fingerprint density at radius 2 is 2.10 bits per heavy atom. The van der Waals surface area contributed by atoms with Crippen LogP contribution in [0.2, 0.25) is 5.02 Å². The zero-order valence-electron chi connectivity index (χ0n) is 10.3. The molecule has 0 radical (unpaired) electrons. The second-order valence-electron chi connectivity index (χ2n) is 4.18. The molecule has 2 heterocycles. The molecule has 1 saturated heterocycles. The lowest BCUT2D eigenvalue weighted by Crippen LogP contribution is -2.24. The Bertz CT molecular complexity index is 617. The minimum Gasteiger partial charge on any atom is -0.486 e. The third-order valence-corrected chi connectivity index (χ3v) is 3.02. The number of carbonyl (C=O) groups is 2. The van der Waals surface area contributed by atoms with Crippen LogP contribution in [0.4, 0.5) is 4.79 Å². The van der Waals surface area contributed by atoms with Crippen molar-refractivity contribution in [2.24, 2.45) is 5.10 Å². The van der Waals surface area contributed by atoms with Crippen LogP contribution in [0.5, 0.6) is 11.5 Å². The van der Waals surface area contributed by atoms with Crippen molar-refractivity contribution in [1.29, 1.82) is 0 Å². The number of benzene rings is 1. The van der Waals surface area contributed by atoms with Gasteiger partial charge in [0.2, 0.25) is 5.91 Å². The third kappa shape index (κ3) is 2.39. The number of rotatable bonds is 2. The highest BCUT2D eigenvalue weighted by atomic mass is 35.5. The quantitative estimate of drug-likeness (QED) is 0.652. The van der Waals surface area contributed by atoms with Crippen molar-refractivity contribution in [2.75, 3.05) is 19.8 Å². The summed E-state index contributed by atoms with van der Waals surface area (Å²) in [6, 6.07) is 2.81. The van der Waals surface area contributed by atoms with Crippen molar-refractivity contribution in [3.63, 3.8) is 0 Å². The van der Waals surface area contributed by atoms with E-state index < -0.39 is 6.03 Å². The molecule has 2 aliphatic rings. The molecule has 2 aliphatic heterocycles. The number of hydrazone groups is 1. The fourth-order valence-corrected chi connectivity index (χ4v) is 2.14. The smallest absolute Gasteiger partial charge is 0.344 e. The largest absolute Gasteiger partial charge is 0.486 e. The van der Waals surface area contributed by atoms with E-state index in [2.05, 4.69) is 10.4 Å². The molecule has 0 atom stereocenters. The van der Waals surface area contributed by atoms with E-state index in [0.717, 1.165) is 5.01 Å². The van der Waals surface area contributed by atoms with Crippen molar-refractivity contribution in [3.05, 3.63) is 22.7 Å². The Kier molecular flexibility index (Phi) is 3.19. The van der Waals surface area contributed by atoms with Gasteiger partial charge in [-0.2, -0.15) is 5.10 Å². The predicted molar refractivity (Wildman–Crippen MR) is 70.3 cm³/mol. The Morgan fingerprint density at radius 1 is 1.30 bits per heavy atom. The third-order valence-electron chi connectivity index (χ3n) is 2.74. The fourth-order valence-electron chi connectivity index (χ4n) is 1.87. The van der Waals surface area contributed by atoms with E-state index in [-0.39, 0.29) is 12.5 Å².